The molecule has 1 rings (SSSR count). The molecular weight excluding hydrogens is 180 g/mol. The van der Waals surface area contributed by atoms with E-state index in [0.717, 1.165) is 12.8 Å². The van der Waals surface area contributed by atoms with Crippen LogP contribution in [0.3, 0.4) is 0 Å². The van der Waals surface area contributed by atoms with Crippen molar-refractivity contribution >= 4 is 11.9 Å². The second-order valence-corrected chi connectivity index (χ2v) is 3.98. The molecule has 14 heavy (non-hydrogen) atoms. The number of esters is 2. The average Bonchev–Trinajstić information content (AvgIpc) is 2.69. The summed E-state index contributed by atoms with van der Waals surface area (Å²) >= 11 is 0. The number of hydrogen-bond acceptors (Lipinski definition) is 3. The molecule has 3 nitrogen and oxygen atoms in total. The Morgan fingerprint density at radius 3 is 2.43 bits per heavy atom. The van der Waals surface area contributed by atoms with Gasteiger partial charge in [-0.15, -0.1) is 0 Å². The molecule has 1 aliphatic carbocycles. The van der Waals surface area contributed by atoms with Crippen LogP contribution < -0.4 is 0 Å². The third-order valence-corrected chi connectivity index (χ3v) is 2.98. The summed E-state index contributed by atoms with van der Waals surface area (Å²) in [5, 5.41) is 0. The molecule has 0 aromatic carbocycles. The molecular formula is C11H18O3. The summed E-state index contributed by atoms with van der Waals surface area (Å²) in [4.78, 5) is 22.4. The molecule has 0 aromatic rings. The standard InChI is InChI=1S/C11H18O3/c1-3-10(12)14-11(13)8(2)9-6-4-5-7-9/h8-9H,3-7H2,1-2H3. The van der Waals surface area contributed by atoms with E-state index in [0.29, 0.717) is 5.92 Å². The maximum Gasteiger partial charge on any atom is 0.316 e. The number of carbonyl (C=O) groups is 2. The van der Waals surface area contributed by atoms with Gasteiger partial charge in [0.2, 0.25) is 0 Å². The molecule has 1 aliphatic rings. The molecule has 1 atom stereocenters. The minimum Gasteiger partial charge on any atom is -0.393 e. The Hall–Kier alpha value is -0.860. The second-order valence-electron chi connectivity index (χ2n) is 3.98. The Kier molecular flexibility index (Phi) is 4.11. The second kappa shape index (κ2) is 5.13. The van der Waals surface area contributed by atoms with Gasteiger partial charge in [0, 0.05) is 6.42 Å². The molecule has 0 aliphatic heterocycles. The topological polar surface area (TPSA) is 43.4 Å². The van der Waals surface area contributed by atoms with Crippen LogP contribution in [0.5, 0.6) is 0 Å². The maximum absolute atomic E-state index is 11.5. The lowest BCUT2D eigenvalue weighted by molar-refractivity contribution is -0.163. The first-order chi connectivity index (χ1) is 6.65. The molecule has 1 unspecified atom stereocenters. The normalized spacial score (nSPS) is 19.3. The molecule has 0 N–H and O–H groups in total. The van der Waals surface area contributed by atoms with Crippen LogP contribution >= 0.6 is 0 Å². The summed E-state index contributed by atoms with van der Waals surface area (Å²) in [5.74, 6) is -0.455. The van der Waals surface area contributed by atoms with Crippen LogP contribution in [0.1, 0.15) is 46.0 Å². The van der Waals surface area contributed by atoms with E-state index in [2.05, 4.69) is 0 Å². The van der Waals surface area contributed by atoms with E-state index >= 15 is 0 Å². The molecule has 0 bridgehead atoms. The molecule has 0 spiro atoms. The molecule has 3 heteroatoms. The summed E-state index contributed by atoms with van der Waals surface area (Å²) in [6.07, 6.45) is 4.85. The van der Waals surface area contributed by atoms with Crippen molar-refractivity contribution in [2.75, 3.05) is 0 Å². The van der Waals surface area contributed by atoms with Gasteiger partial charge in [-0.3, -0.25) is 9.59 Å². The molecule has 0 radical (unpaired) electrons. The first kappa shape index (κ1) is 11.2. The number of hydrogen-bond donors (Lipinski definition) is 0. The largest absolute Gasteiger partial charge is 0.393 e. The first-order valence-electron chi connectivity index (χ1n) is 5.39. The Morgan fingerprint density at radius 1 is 1.36 bits per heavy atom. The zero-order valence-corrected chi connectivity index (χ0v) is 8.91. The Bertz CT molecular complexity index is 217. The smallest absolute Gasteiger partial charge is 0.316 e. The highest BCUT2D eigenvalue weighted by atomic mass is 16.6. The van der Waals surface area contributed by atoms with E-state index in [4.69, 9.17) is 4.74 Å². The SMILES string of the molecule is CCC(=O)OC(=O)C(C)C1CCCC1. The number of carbonyl (C=O) groups excluding carboxylic acids is 2. The van der Waals surface area contributed by atoms with Crippen molar-refractivity contribution in [3.05, 3.63) is 0 Å². The minimum absolute atomic E-state index is 0.118. The summed E-state index contributed by atoms with van der Waals surface area (Å²) in [6.45, 7) is 3.55. The molecule has 1 fully saturated rings. The average molecular weight is 198 g/mol. The fraction of sp³-hybridized carbons (Fsp3) is 0.818. The van der Waals surface area contributed by atoms with Gasteiger partial charge in [0.25, 0.3) is 0 Å². The monoisotopic (exact) mass is 198 g/mol. The fourth-order valence-electron chi connectivity index (χ4n) is 1.93. The van der Waals surface area contributed by atoms with Crippen molar-refractivity contribution in [1.82, 2.24) is 0 Å². The third-order valence-electron chi connectivity index (χ3n) is 2.98. The zero-order valence-electron chi connectivity index (χ0n) is 8.91. The van der Waals surface area contributed by atoms with Gasteiger partial charge in [0.05, 0.1) is 5.92 Å². The van der Waals surface area contributed by atoms with E-state index in [1.54, 1.807) is 6.92 Å². The van der Waals surface area contributed by atoms with Crippen molar-refractivity contribution in [1.29, 1.82) is 0 Å². The Labute approximate surface area is 84.8 Å². The van der Waals surface area contributed by atoms with E-state index < -0.39 is 5.97 Å². The van der Waals surface area contributed by atoms with E-state index in [9.17, 15) is 9.59 Å². The van der Waals surface area contributed by atoms with Gasteiger partial charge in [-0.05, 0) is 18.8 Å². The fourth-order valence-corrected chi connectivity index (χ4v) is 1.93. The summed E-state index contributed by atoms with van der Waals surface area (Å²) in [6, 6.07) is 0. The third kappa shape index (κ3) is 2.82. The predicted molar refractivity (Wildman–Crippen MR) is 52.5 cm³/mol. The van der Waals surface area contributed by atoms with Gasteiger partial charge in [-0.2, -0.15) is 0 Å². The number of ether oxygens (including phenoxy) is 1. The van der Waals surface area contributed by atoms with Crippen molar-refractivity contribution in [2.24, 2.45) is 11.8 Å². The lowest BCUT2D eigenvalue weighted by Gasteiger charge is -2.16. The molecule has 0 heterocycles. The van der Waals surface area contributed by atoms with E-state index in [-0.39, 0.29) is 18.3 Å². The van der Waals surface area contributed by atoms with Crippen LogP contribution in [0.2, 0.25) is 0 Å². The van der Waals surface area contributed by atoms with E-state index in [1.165, 1.54) is 12.8 Å². The van der Waals surface area contributed by atoms with Crippen LogP contribution in [0.15, 0.2) is 0 Å². The van der Waals surface area contributed by atoms with Gasteiger partial charge in [0.15, 0.2) is 0 Å². The van der Waals surface area contributed by atoms with Gasteiger partial charge in [-0.1, -0.05) is 26.7 Å². The molecule has 1 saturated carbocycles. The molecule has 0 saturated heterocycles. The van der Waals surface area contributed by atoms with Gasteiger partial charge >= 0.3 is 11.9 Å². The highest BCUT2D eigenvalue weighted by molar-refractivity contribution is 5.86. The predicted octanol–water partition coefficient (Wildman–Crippen LogP) is 2.29. The Balaban J connectivity index is 2.39. The van der Waals surface area contributed by atoms with Crippen LogP contribution in [-0.4, -0.2) is 11.9 Å². The van der Waals surface area contributed by atoms with Crippen LogP contribution in [0, 0.1) is 11.8 Å². The lowest BCUT2D eigenvalue weighted by Crippen LogP contribution is -2.23. The van der Waals surface area contributed by atoms with Crippen LogP contribution in [-0.2, 0) is 14.3 Å². The summed E-state index contributed by atoms with van der Waals surface area (Å²) < 4.78 is 4.70. The highest BCUT2D eigenvalue weighted by Crippen LogP contribution is 2.31. The van der Waals surface area contributed by atoms with Crippen LogP contribution in [0.25, 0.3) is 0 Å². The van der Waals surface area contributed by atoms with E-state index in [1.807, 2.05) is 6.92 Å². The lowest BCUT2D eigenvalue weighted by atomic mass is 9.93. The van der Waals surface area contributed by atoms with Crippen molar-refractivity contribution in [3.8, 4) is 0 Å². The molecule has 80 valence electrons. The van der Waals surface area contributed by atoms with Gasteiger partial charge in [0.1, 0.15) is 0 Å². The zero-order chi connectivity index (χ0) is 10.6. The quantitative estimate of drug-likeness (QED) is 0.516. The highest BCUT2D eigenvalue weighted by Gasteiger charge is 2.28. The summed E-state index contributed by atoms with van der Waals surface area (Å²) in [7, 11) is 0. The van der Waals surface area contributed by atoms with Crippen molar-refractivity contribution in [3.63, 3.8) is 0 Å². The van der Waals surface area contributed by atoms with Crippen LogP contribution in [0.4, 0.5) is 0 Å². The first-order valence-corrected chi connectivity index (χ1v) is 5.39. The maximum atomic E-state index is 11.5. The van der Waals surface area contributed by atoms with Gasteiger partial charge < -0.3 is 4.74 Å². The van der Waals surface area contributed by atoms with Crippen molar-refractivity contribution < 1.29 is 14.3 Å². The molecule has 0 aromatic heterocycles. The number of rotatable bonds is 3. The Morgan fingerprint density at radius 2 is 1.93 bits per heavy atom. The van der Waals surface area contributed by atoms with Gasteiger partial charge in [-0.25, -0.2) is 0 Å². The van der Waals surface area contributed by atoms with Crippen molar-refractivity contribution in [2.45, 2.75) is 46.0 Å². The minimum atomic E-state index is -0.417. The molecule has 0 amide bonds. The summed E-state index contributed by atoms with van der Waals surface area (Å²) in [5.41, 5.74) is 0.